The Bertz CT molecular complexity index is 992. The van der Waals surface area contributed by atoms with Gasteiger partial charge in [0.15, 0.2) is 5.82 Å². The molecule has 5 nitrogen and oxygen atoms in total. The van der Waals surface area contributed by atoms with E-state index in [-0.39, 0.29) is 23.8 Å². The zero-order valence-electron chi connectivity index (χ0n) is 15.1. The summed E-state index contributed by atoms with van der Waals surface area (Å²) < 4.78 is 18.4. The molecule has 0 amide bonds. The molecule has 0 aliphatic carbocycles. The number of aromatic nitrogens is 2. The number of rotatable bonds is 6. The second kappa shape index (κ2) is 9.19. The van der Waals surface area contributed by atoms with Gasteiger partial charge in [0.25, 0.3) is 0 Å². The van der Waals surface area contributed by atoms with Gasteiger partial charge in [-0.05, 0) is 48.4 Å². The van der Waals surface area contributed by atoms with Gasteiger partial charge in [-0.3, -0.25) is 4.98 Å². The van der Waals surface area contributed by atoms with E-state index < -0.39 is 5.97 Å². The summed E-state index contributed by atoms with van der Waals surface area (Å²) in [6.45, 7) is 1.93. The van der Waals surface area contributed by atoms with Crippen LogP contribution in [0.2, 0.25) is 5.02 Å². The molecule has 7 heteroatoms. The first-order chi connectivity index (χ1) is 13.6. The maximum absolute atomic E-state index is 13.4. The Morgan fingerprint density at radius 1 is 1.18 bits per heavy atom. The third kappa shape index (κ3) is 4.98. The second-order valence-corrected chi connectivity index (χ2v) is 6.28. The molecular weight excluding hydrogens is 381 g/mol. The summed E-state index contributed by atoms with van der Waals surface area (Å²) in [5.41, 5.74) is 2.46. The van der Waals surface area contributed by atoms with Crippen molar-refractivity contribution in [3.8, 4) is 0 Å². The van der Waals surface area contributed by atoms with E-state index in [0.717, 1.165) is 5.56 Å². The van der Waals surface area contributed by atoms with Gasteiger partial charge in [0.05, 0.1) is 17.3 Å². The minimum Gasteiger partial charge on any atom is -0.462 e. The number of hydrogen-bond acceptors (Lipinski definition) is 5. The van der Waals surface area contributed by atoms with E-state index in [1.54, 1.807) is 31.5 Å². The Morgan fingerprint density at radius 3 is 2.57 bits per heavy atom. The van der Waals surface area contributed by atoms with Crippen LogP contribution in [-0.2, 0) is 11.2 Å². The number of carbonyl (C=O) groups excluding carboxylic acids is 1. The van der Waals surface area contributed by atoms with Gasteiger partial charge in [-0.25, -0.2) is 19.2 Å². The molecule has 0 saturated carbocycles. The molecule has 2 aromatic heterocycles. The zero-order valence-corrected chi connectivity index (χ0v) is 15.9. The summed E-state index contributed by atoms with van der Waals surface area (Å²) in [4.78, 5) is 25.1. The van der Waals surface area contributed by atoms with E-state index in [1.807, 2.05) is 12.1 Å². The van der Waals surface area contributed by atoms with Gasteiger partial charge < -0.3 is 4.74 Å². The molecule has 2 heterocycles. The first-order valence-electron chi connectivity index (χ1n) is 8.62. The van der Waals surface area contributed by atoms with Gasteiger partial charge in [-0.2, -0.15) is 0 Å². The van der Waals surface area contributed by atoms with Crippen molar-refractivity contribution >= 4 is 29.1 Å². The lowest BCUT2D eigenvalue weighted by Crippen LogP contribution is -2.09. The molecular formula is C21H17ClFN3O2. The van der Waals surface area contributed by atoms with Crippen molar-refractivity contribution in [1.82, 2.24) is 9.97 Å². The van der Waals surface area contributed by atoms with Gasteiger partial charge in [0.1, 0.15) is 11.4 Å². The lowest BCUT2D eigenvalue weighted by Gasteiger charge is -2.10. The largest absolute Gasteiger partial charge is 0.462 e. The fourth-order valence-electron chi connectivity index (χ4n) is 2.55. The average Bonchev–Trinajstić information content (AvgIpc) is 2.70. The first-order valence-corrected chi connectivity index (χ1v) is 8.99. The maximum atomic E-state index is 13.4. The van der Waals surface area contributed by atoms with Gasteiger partial charge >= 0.3 is 5.97 Å². The van der Waals surface area contributed by atoms with Crippen molar-refractivity contribution < 1.29 is 13.9 Å². The standard InChI is InChI=1S/C21H17ClFN3O2/c1-2-28-21(27)18-12-16(22)13-25-20(18)26-19(11-14-7-9-24-10-8-14)15-3-5-17(23)6-4-15/h3-10,12-13H,2,11H2,1H3. The van der Waals surface area contributed by atoms with Gasteiger partial charge in [0.2, 0.25) is 0 Å². The number of esters is 1. The number of nitrogens with zero attached hydrogens (tertiary/aromatic N) is 3. The summed E-state index contributed by atoms with van der Waals surface area (Å²) in [6.07, 6.45) is 5.23. The van der Waals surface area contributed by atoms with E-state index in [0.29, 0.717) is 22.7 Å². The van der Waals surface area contributed by atoms with Crippen LogP contribution in [0.1, 0.15) is 28.4 Å². The zero-order chi connectivity index (χ0) is 19.9. The lowest BCUT2D eigenvalue weighted by molar-refractivity contribution is 0.0527. The van der Waals surface area contributed by atoms with E-state index >= 15 is 0 Å². The van der Waals surface area contributed by atoms with Gasteiger partial charge in [0, 0.05) is 25.0 Å². The molecule has 0 atom stereocenters. The van der Waals surface area contributed by atoms with Crippen molar-refractivity contribution in [1.29, 1.82) is 0 Å². The summed E-state index contributed by atoms with van der Waals surface area (Å²) in [7, 11) is 0. The summed E-state index contributed by atoms with van der Waals surface area (Å²) in [5, 5.41) is 0.305. The molecule has 0 bridgehead atoms. The number of halogens is 2. The Balaban J connectivity index is 2.08. The Hall–Kier alpha value is -3.12. The maximum Gasteiger partial charge on any atom is 0.342 e. The predicted octanol–water partition coefficient (Wildman–Crippen LogP) is 4.81. The fraction of sp³-hybridized carbons (Fsp3) is 0.143. The van der Waals surface area contributed by atoms with Crippen LogP contribution < -0.4 is 0 Å². The minimum atomic E-state index is -0.557. The predicted molar refractivity (Wildman–Crippen MR) is 106 cm³/mol. The molecule has 28 heavy (non-hydrogen) atoms. The number of benzene rings is 1. The van der Waals surface area contributed by atoms with E-state index in [2.05, 4.69) is 15.0 Å². The number of hydrogen-bond donors (Lipinski definition) is 0. The highest BCUT2D eigenvalue weighted by Crippen LogP contribution is 2.23. The highest BCUT2D eigenvalue weighted by Gasteiger charge is 2.16. The van der Waals surface area contributed by atoms with Crippen molar-refractivity contribution in [2.45, 2.75) is 13.3 Å². The number of ether oxygens (including phenoxy) is 1. The van der Waals surface area contributed by atoms with Crippen LogP contribution in [0.3, 0.4) is 0 Å². The SMILES string of the molecule is CCOC(=O)c1cc(Cl)cnc1N=C(Cc1ccncc1)c1ccc(F)cc1. The van der Waals surface area contributed by atoms with Crippen LogP contribution in [0, 0.1) is 5.82 Å². The Morgan fingerprint density at radius 2 is 1.89 bits per heavy atom. The molecule has 0 fully saturated rings. The Labute approximate surface area is 166 Å². The number of pyridine rings is 2. The summed E-state index contributed by atoms with van der Waals surface area (Å²) >= 11 is 5.99. The third-order valence-electron chi connectivity index (χ3n) is 3.87. The van der Waals surface area contributed by atoms with Crippen LogP contribution in [0.5, 0.6) is 0 Å². The van der Waals surface area contributed by atoms with Crippen molar-refractivity contribution in [2.75, 3.05) is 6.61 Å². The quantitative estimate of drug-likeness (QED) is 0.442. The molecule has 0 radical (unpaired) electrons. The minimum absolute atomic E-state index is 0.170. The van der Waals surface area contributed by atoms with Crippen LogP contribution in [0.15, 0.2) is 66.0 Å². The summed E-state index contributed by atoms with van der Waals surface area (Å²) in [6, 6.07) is 11.2. The first kappa shape index (κ1) is 19.6. The monoisotopic (exact) mass is 397 g/mol. The third-order valence-corrected chi connectivity index (χ3v) is 4.07. The number of aliphatic imine (C=N–C) groups is 1. The molecule has 142 valence electrons. The number of carbonyl (C=O) groups is 1. The molecule has 3 rings (SSSR count). The molecule has 0 N–H and O–H groups in total. The smallest absolute Gasteiger partial charge is 0.342 e. The summed E-state index contributed by atoms with van der Waals surface area (Å²) in [5.74, 6) is -0.710. The second-order valence-electron chi connectivity index (χ2n) is 5.84. The molecule has 0 aliphatic heterocycles. The highest BCUT2D eigenvalue weighted by atomic mass is 35.5. The van der Waals surface area contributed by atoms with Crippen LogP contribution in [0.4, 0.5) is 10.2 Å². The van der Waals surface area contributed by atoms with E-state index in [9.17, 15) is 9.18 Å². The molecule has 3 aromatic rings. The molecule has 1 aromatic carbocycles. The normalized spacial score (nSPS) is 11.3. The van der Waals surface area contributed by atoms with E-state index in [4.69, 9.17) is 16.3 Å². The average molecular weight is 398 g/mol. The van der Waals surface area contributed by atoms with Crippen LogP contribution in [-0.4, -0.2) is 28.3 Å². The van der Waals surface area contributed by atoms with Crippen molar-refractivity contribution in [2.24, 2.45) is 4.99 Å². The molecule has 0 unspecified atom stereocenters. The topological polar surface area (TPSA) is 64.4 Å². The van der Waals surface area contributed by atoms with E-state index in [1.165, 1.54) is 24.4 Å². The highest BCUT2D eigenvalue weighted by molar-refractivity contribution is 6.30. The van der Waals surface area contributed by atoms with Crippen molar-refractivity contribution in [3.05, 3.63) is 88.6 Å². The lowest BCUT2D eigenvalue weighted by atomic mass is 10.0. The molecule has 0 spiro atoms. The van der Waals surface area contributed by atoms with Crippen LogP contribution >= 0.6 is 11.6 Å². The van der Waals surface area contributed by atoms with Gasteiger partial charge in [-0.15, -0.1) is 0 Å². The molecule has 0 aliphatic rings. The Kier molecular flexibility index (Phi) is 6.45. The van der Waals surface area contributed by atoms with Gasteiger partial charge in [-0.1, -0.05) is 23.7 Å². The molecule has 0 saturated heterocycles. The van der Waals surface area contributed by atoms with Crippen molar-refractivity contribution in [3.63, 3.8) is 0 Å². The van der Waals surface area contributed by atoms with Crippen LogP contribution in [0.25, 0.3) is 0 Å². The fourth-order valence-corrected chi connectivity index (χ4v) is 2.71.